The van der Waals surface area contributed by atoms with Gasteiger partial charge in [0.1, 0.15) is 6.61 Å². The van der Waals surface area contributed by atoms with Gasteiger partial charge in [0.05, 0.1) is 0 Å². The number of likely N-dealkylation sites (tertiary alicyclic amines) is 1. The van der Waals surface area contributed by atoms with Gasteiger partial charge in [-0.25, -0.2) is 4.98 Å². The van der Waals surface area contributed by atoms with Crippen LogP contribution in [0.15, 0.2) is 42.5 Å². The van der Waals surface area contributed by atoms with Crippen LogP contribution in [0.1, 0.15) is 24.1 Å². The zero-order chi connectivity index (χ0) is 15.4. The number of benzene rings is 1. The Hall–Kier alpha value is -1.58. The molecule has 1 aromatic heterocycles. The Morgan fingerprint density at radius 3 is 2.91 bits per heavy atom. The molecule has 1 saturated heterocycles. The van der Waals surface area contributed by atoms with E-state index in [-0.39, 0.29) is 0 Å². The van der Waals surface area contributed by atoms with Gasteiger partial charge >= 0.3 is 0 Å². The maximum absolute atomic E-state index is 6.03. The topological polar surface area (TPSA) is 25.4 Å². The molecule has 1 unspecified atom stereocenters. The van der Waals surface area contributed by atoms with Gasteiger partial charge in [-0.05, 0) is 50.2 Å². The molecule has 3 rings (SSSR count). The summed E-state index contributed by atoms with van der Waals surface area (Å²) in [6.07, 6.45) is 3.23. The molecule has 2 heterocycles. The zero-order valence-electron chi connectivity index (χ0n) is 12.8. The molecular formula is C18H21ClN2O. The minimum Gasteiger partial charge on any atom is -0.476 e. The third-order valence-electron chi connectivity index (χ3n) is 4.15. The van der Waals surface area contributed by atoms with Gasteiger partial charge in [0.2, 0.25) is 5.88 Å². The van der Waals surface area contributed by atoms with E-state index in [2.05, 4.69) is 23.0 Å². The van der Waals surface area contributed by atoms with Gasteiger partial charge in [-0.3, -0.25) is 0 Å². The van der Waals surface area contributed by atoms with Crippen molar-refractivity contribution >= 4 is 11.6 Å². The minimum absolute atomic E-state index is 0.512. The Kier molecular flexibility index (Phi) is 4.96. The number of halogens is 1. The highest BCUT2D eigenvalue weighted by Crippen LogP contribution is 2.18. The average molecular weight is 317 g/mol. The maximum atomic E-state index is 6.03. The third-order valence-corrected chi connectivity index (χ3v) is 4.39. The predicted molar refractivity (Wildman–Crippen MR) is 89.6 cm³/mol. The van der Waals surface area contributed by atoms with E-state index >= 15 is 0 Å². The molecule has 2 aromatic rings. The second-order valence-corrected chi connectivity index (χ2v) is 6.30. The fourth-order valence-corrected chi connectivity index (χ4v) is 3.08. The Balaban J connectivity index is 1.62. The van der Waals surface area contributed by atoms with Crippen LogP contribution in [0.3, 0.4) is 0 Å². The van der Waals surface area contributed by atoms with Gasteiger partial charge < -0.3 is 9.64 Å². The molecule has 3 nitrogen and oxygen atoms in total. The number of aromatic nitrogens is 1. The summed E-state index contributed by atoms with van der Waals surface area (Å²) >= 11 is 6.03. The summed E-state index contributed by atoms with van der Waals surface area (Å²) in [5.41, 5.74) is 2.16. The van der Waals surface area contributed by atoms with E-state index in [1.54, 1.807) is 0 Å². The third kappa shape index (κ3) is 3.99. The van der Waals surface area contributed by atoms with Gasteiger partial charge in [-0.1, -0.05) is 29.8 Å². The molecular weight excluding hydrogens is 296 g/mol. The fourth-order valence-electron chi connectivity index (χ4n) is 2.86. The van der Waals surface area contributed by atoms with Crippen LogP contribution >= 0.6 is 11.6 Å². The van der Waals surface area contributed by atoms with Gasteiger partial charge in [0.15, 0.2) is 0 Å². The Morgan fingerprint density at radius 1 is 1.27 bits per heavy atom. The van der Waals surface area contributed by atoms with Crippen molar-refractivity contribution < 1.29 is 4.74 Å². The van der Waals surface area contributed by atoms with Crippen molar-refractivity contribution in [3.05, 3.63) is 58.7 Å². The van der Waals surface area contributed by atoms with Crippen molar-refractivity contribution in [2.45, 2.75) is 25.3 Å². The van der Waals surface area contributed by atoms with E-state index in [4.69, 9.17) is 16.3 Å². The summed E-state index contributed by atoms with van der Waals surface area (Å²) in [7, 11) is 2.16. The van der Waals surface area contributed by atoms with Gasteiger partial charge in [-0.2, -0.15) is 0 Å². The van der Waals surface area contributed by atoms with E-state index in [1.807, 2.05) is 36.4 Å². The van der Waals surface area contributed by atoms with Crippen molar-refractivity contribution in [3.8, 4) is 5.88 Å². The second-order valence-electron chi connectivity index (χ2n) is 5.86. The largest absolute Gasteiger partial charge is 0.476 e. The molecule has 4 heteroatoms. The monoisotopic (exact) mass is 316 g/mol. The fraction of sp³-hybridized carbons (Fsp3) is 0.389. The molecule has 0 amide bonds. The molecule has 1 aliphatic rings. The highest BCUT2D eigenvalue weighted by Gasteiger charge is 2.21. The van der Waals surface area contributed by atoms with Crippen molar-refractivity contribution in [1.29, 1.82) is 0 Å². The molecule has 0 radical (unpaired) electrons. The predicted octanol–water partition coefficient (Wildman–Crippen LogP) is 3.80. The summed E-state index contributed by atoms with van der Waals surface area (Å²) < 4.78 is 5.88. The van der Waals surface area contributed by atoms with E-state index in [1.165, 1.54) is 12.8 Å². The quantitative estimate of drug-likeness (QED) is 0.839. The summed E-state index contributed by atoms with van der Waals surface area (Å²) in [4.78, 5) is 6.96. The molecule has 0 N–H and O–H groups in total. The first kappa shape index (κ1) is 15.3. The lowest BCUT2D eigenvalue weighted by Crippen LogP contribution is -2.30. The molecule has 1 fully saturated rings. The van der Waals surface area contributed by atoms with Crippen LogP contribution in [0.4, 0.5) is 0 Å². The number of rotatable bonds is 5. The Bertz CT molecular complexity index is 632. The lowest BCUT2D eigenvalue weighted by atomic mass is 10.1. The molecule has 0 aliphatic carbocycles. The van der Waals surface area contributed by atoms with E-state index in [0.29, 0.717) is 18.5 Å². The number of pyridine rings is 1. The molecule has 116 valence electrons. The highest BCUT2D eigenvalue weighted by atomic mass is 35.5. The second kappa shape index (κ2) is 7.12. The van der Waals surface area contributed by atoms with E-state index < -0.39 is 0 Å². The molecule has 22 heavy (non-hydrogen) atoms. The first-order valence-corrected chi connectivity index (χ1v) is 8.12. The van der Waals surface area contributed by atoms with Gasteiger partial charge in [0.25, 0.3) is 0 Å². The SMILES string of the molecule is CN1CCCC1COc1cccc(Cc2cccc(Cl)c2)n1. The van der Waals surface area contributed by atoms with Crippen LogP contribution < -0.4 is 4.74 Å². The first-order valence-electron chi connectivity index (χ1n) is 7.74. The van der Waals surface area contributed by atoms with Crippen LogP contribution in [0.25, 0.3) is 0 Å². The van der Waals surface area contributed by atoms with Crippen LogP contribution in [-0.2, 0) is 6.42 Å². The Labute approximate surface area is 136 Å². The zero-order valence-corrected chi connectivity index (χ0v) is 13.6. The summed E-state index contributed by atoms with van der Waals surface area (Å²) in [6.45, 7) is 1.88. The minimum atomic E-state index is 0.512. The number of nitrogens with zero attached hydrogens (tertiary/aromatic N) is 2. The van der Waals surface area contributed by atoms with Crippen molar-refractivity contribution in [2.75, 3.05) is 20.2 Å². The molecule has 1 aromatic carbocycles. The van der Waals surface area contributed by atoms with E-state index in [0.717, 1.165) is 29.2 Å². The first-order chi connectivity index (χ1) is 10.7. The lowest BCUT2D eigenvalue weighted by molar-refractivity contribution is 0.193. The van der Waals surface area contributed by atoms with Crippen LogP contribution in [0.2, 0.25) is 5.02 Å². The molecule has 0 bridgehead atoms. The summed E-state index contributed by atoms with van der Waals surface area (Å²) in [5.74, 6) is 0.708. The number of likely N-dealkylation sites (N-methyl/N-ethyl adjacent to an activating group) is 1. The smallest absolute Gasteiger partial charge is 0.213 e. The summed E-state index contributed by atoms with van der Waals surface area (Å²) in [6, 6.07) is 14.4. The van der Waals surface area contributed by atoms with Crippen LogP contribution in [0.5, 0.6) is 5.88 Å². The standard InChI is InChI=1S/C18H21ClN2O/c1-21-10-4-8-17(21)13-22-18-9-3-7-16(20-18)12-14-5-2-6-15(19)11-14/h2-3,5-7,9,11,17H,4,8,10,12-13H2,1H3. The Morgan fingerprint density at radius 2 is 2.14 bits per heavy atom. The number of hydrogen-bond donors (Lipinski definition) is 0. The summed E-state index contributed by atoms with van der Waals surface area (Å²) in [5, 5.41) is 0.758. The molecule has 1 atom stereocenters. The van der Waals surface area contributed by atoms with Crippen molar-refractivity contribution in [3.63, 3.8) is 0 Å². The molecule has 0 saturated carbocycles. The van der Waals surface area contributed by atoms with Crippen molar-refractivity contribution in [1.82, 2.24) is 9.88 Å². The van der Waals surface area contributed by atoms with Crippen LogP contribution in [-0.4, -0.2) is 36.1 Å². The molecule has 1 aliphatic heterocycles. The van der Waals surface area contributed by atoms with Crippen LogP contribution in [0, 0.1) is 0 Å². The van der Waals surface area contributed by atoms with E-state index in [9.17, 15) is 0 Å². The van der Waals surface area contributed by atoms with Gasteiger partial charge in [-0.15, -0.1) is 0 Å². The number of hydrogen-bond acceptors (Lipinski definition) is 3. The number of ether oxygens (including phenoxy) is 1. The highest BCUT2D eigenvalue weighted by molar-refractivity contribution is 6.30. The van der Waals surface area contributed by atoms with Gasteiger partial charge in [0, 0.05) is 29.2 Å². The average Bonchev–Trinajstić information content (AvgIpc) is 2.91. The normalized spacial score (nSPS) is 18.5. The molecule has 0 spiro atoms. The van der Waals surface area contributed by atoms with Crippen molar-refractivity contribution in [2.24, 2.45) is 0 Å². The lowest BCUT2D eigenvalue weighted by Gasteiger charge is -2.19. The maximum Gasteiger partial charge on any atom is 0.213 e.